The second-order valence-electron chi connectivity index (χ2n) is 5.26. The molecule has 2 aromatic heterocycles. The number of carbonyl (C=O) groups is 2. The summed E-state index contributed by atoms with van der Waals surface area (Å²) >= 11 is 1.26. The Morgan fingerprint density at radius 3 is 2.57 bits per heavy atom. The van der Waals surface area contributed by atoms with Crippen LogP contribution in [0.25, 0.3) is 10.3 Å². The molecule has 0 aromatic carbocycles. The average molecular weight is 336 g/mol. The van der Waals surface area contributed by atoms with E-state index in [2.05, 4.69) is 9.97 Å². The summed E-state index contributed by atoms with van der Waals surface area (Å²) < 4.78 is 11.1. The summed E-state index contributed by atoms with van der Waals surface area (Å²) in [5.74, 6) is 0.506. The quantitative estimate of drug-likeness (QED) is 0.688. The molecule has 0 fully saturated rings. The molecule has 23 heavy (non-hydrogen) atoms. The van der Waals surface area contributed by atoms with Gasteiger partial charge in [0.15, 0.2) is 22.2 Å². The van der Waals surface area contributed by atoms with E-state index < -0.39 is 0 Å². The summed E-state index contributed by atoms with van der Waals surface area (Å²) in [5, 5.41) is 0.366. The first-order chi connectivity index (χ1) is 11.0. The highest BCUT2D eigenvalue weighted by molar-refractivity contribution is 7.20. The van der Waals surface area contributed by atoms with Gasteiger partial charge in [-0.1, -0.05) is 13.3 Å². The summed E-state index contributed by atoms with van der Waals surface area (Å²) in [4.78, 5) is 32.6. The molecule has 0 saturated carbocycles. The molecule has 0 spiro atoms. The first-order valence-corrected chi connectivity index (χ1v) is 8.25. The van der Waals surface area contributed by atoms with E-state index in [4.69, 9.17) is 9.47 Å². The second-order valence-corrected chi connectivity index (χ2v) is 6.29. The van der Waals surface area contributed by atoms with Gasteiger partial charge in [0, 0.05) is 18.4 Å². The highest BCUT2D eigenvalue weighted by Gasteiger charge is 2.22. The van der Waals surface area contributed by atoms with Crippen LogP contribution in [0.5, 0.6) is 11.6 Å². The third-order valence-corrected chi connectivity index (χ3v) is 4.64. The van der Waals surface area contributed by atoms with Crippen LogP contribution in [-0.2, 0) is 4.79 Å². The molecule has 124 valence electrons. The Hall–Kier alpha value is -2.02. The fraction of sp³-hybridized carbons (Fsp3) is 0.500. The van der Waals surface area contributed by atoms with E-state index in [0.29, 0.717) is 28.7 Å². The van der Waals surface area contributed by atoms with Crippen LogP contribution in [0.15, 0.2) is 6.07 Å². The number of fused-ring (bicyclic) bond motifs is 1. The van der Waals surface area contributed by atoms with Gasteiger partial charge >= 0.3 is 0 Å². The van der Waals surface area contributed by atoms with Gasteiger partial charge < -0.3 is 9.47 Å². The van der Waals surface area contributed by atoms with Crippen molar-refractivity contribution in [2.75, 3.05) is 14.2 Å². The first kappa shape index (κ1) is 17.3. The smallest absolute Gasteiger partial charge is 0.258 e. The van der Waals surface area contributed by atoms with Crippen molar-refractivity contribution in [3.8, 4) is 11.6 Å². The van der Waals surface area contributed by atoms with Gasteiger partial charge in [0.25, 0.3) is 5.88 Å². The van der Waals surface area contributed by atoms with Gasteiger partial charge in [0.2, 0.25) is 0 Å². The molecule has 6 nitrogen and oxygen atoms in total. The predicted molar refractivity (Wildman–Crippen MR) is 88.5 cm³/mol. The molecule has 2 aromatic rings. The fourth-order valence-corrected chi connectivity index (χ4v) is 3.24. The predicted octanol–water partition coefficient (Wildman–Crippen LogP) is 3.29. The van der Waals surface area contributed by atoms with E-state index in [0.717, 1.165) is 11.1 Å². The van der Waals surface area contributed by atoms with Crippen molar-refractivity contribution >= 4 is 33.3 Å². The topological polar surface area (TPSA) is 78.4 Å². The molecule has 0 amide bonds. The number of thiazole rings is 1. The highest BCUT2D eigenvalue weighted by Crippen LogP contribution is 2.32. The lowest BCUT2D eigenvalue weighted by Crippen LogP contribution is -2.15. The van der Waals surface area contributed by atoms with Crippen molar-refractivity contribution in [1.29, 1.82) is 0 Å². The van der Waals surface area contributed by atoms with E-state index in [1.54, 1.807) is 6.07 Å². The van der Waals surface area contributed by atoms with Gasteiger partial charge in [0.05, 0.1) is 18.9 Å². The Bertz CT molecular complexity index is 685. The number of nitrogens with zero attached hydrogens (tertiary/aromatic N) is 2. The number of pyridine rings is 1. The van der Waals surface area contributed by atoms with Crippen LogP contribution < -0.4 is 9.47 Å². The van der Waals surface area contributed by atoms with Gasteiger partial charge in [-0.25, -0.2) is 4.98 Å². The van der Waals surface area contributed by atoms with Crippen LogP contribution in [0.4, 0.5) is 0 Å². The number of ether oxygens (including phenoxy) is 2. The molecule has 0 saturated heterocycles. The largest absolute Gasteiger partial charge is 0.491 e. The van der Waals surface area contributed by atoms with Crippen LogP contribution in [0.3, 0.4) is 0 Å². The summed E-state index contributed by atoms with van der Waals surface area (Å²) in [6.07, 6.45) is 1.77. The van der Waals surface area contributed by atoms with Crippen LogP contribution in [-0.4, -0.2) is 35.8 Å². The third-order valence-electron chi connectivity index (χ3n) is 3.61. The van der Waals surface area contributed by atoms with E-state index >= 15 is 0 Å². The molecule has 0 bridgehead atoms. The monoisotopic (exact) mass is 336 g/mol. The lowest BCUT2D eigenvalue weighted by atomic mass is 9.94. The number of ketones is 2. The Kier molecular flexibility index (Phi) is 5.65. The molecule has 0 N–H and O–H groups in total. The van der Waals surface area contributed by atoms with Gasteiger partial charge in [-0.2, -0.15) is 4.98 Å². The molecule has 0 aliphatic heterocycles. The maximum atomic E-state index is 12.4. The Morgan fingerprint density at radius 2 is 2.00 bits per heavy atom. The maximum Gasteiger partial charge on any atom is 0.258 e. The average Bonchev–Trinajstić information content (AvgIpc) is 2.95. The lowest BCUT2D eigenvalue weighted by Gasteiger charge is -2.10. The summed E-state index contributed by atoms with van der Waals surface area (Å²) in [5.41, 5.74) is 0.450. The van der Waals surface area contributed by atoms with E-state index in [9.17, 15) is 9.59 Å². The van der Waals surface area contributed by atoms with Gasteiger partial charge in [-0.05, 0) is 13.3 Å². The zero-order valence-corrected chi connectivity index (χ0v) is 14.5. The number of methoxy groups -OCH3 is 2. The van der Waals surface area contributed by atoms with Crippen molar-refractivity contribution in [2.45, 2.75) is 33.1 Å². The van der Waals surface area contributed by atoms with Gasteiger partial charge in [-0.3, -0.25) is 9.59 Å². The third kappa shape index (κ3) is 3.85. The lowest BCUT2D eigenvalue weighted by molar-refractivity contribution is -0.120. The van der Waals surface area contributed by atoms with Gasteiger partial charge in [0.1, 0.15) is 5.78 Å². The Balaban J connectivity index is 2.29. The fourth-order valence-electron chi connectivity index (χ4n) is 2.35. The van der Waals surface area contributed by atoms with Crippen molar-refractivity contribution in [1.82, 2.24) is 9.97 Å². The number of hydrogen-bond donors (Lipinski definition) is 0. The number of rotatable bonds is 8. The minimum atomic E-state index is -0.239. The van der Waals surface area contributed by atoms with Crippen LogP contribution >= 0.6 is 11.3 Å². The minimum Gasteiger partial charge on any atom is -0.491 e. The number of aromatic nitrogens is 2. The number of hydrogen-bond acceptors (Lipinski definition) is 7. The molecule has 7 heteroatoms. The van der Waals surface area contributed by atoms with Crippen molar-refractivity contribution < 1.29 is 19.1 Å². The van der Waals surface area contributed by atoms with Crippen LogP contribution in [0, 0.1) is 5.92 Å². The minimum absolute atomic E-state index is 0.0442. The standard InChI is InChI=1S/C16H20N2O4S/c1-5-6-10(9(2)19)7-11(20)16-18-14-13(23-16)8-12(21-3)15(17-14)22-4/h8,10H,5-7H2,1-4H3/t10-/m1/s1. The second kappa shape index (κ2) is 7.50. The maximum absolute atomic E-state index is 12.4. The van der Waals surface area contributed by atoms with Crippen LogP contribution in [0.2, 0.25) is 0 Å². The normalized spacial score (nSPS) is 12.2. The Labute approximate surface area is 138 Å². The summed E-state index contributed by atoms with van der Waals surface area (Å²) in [6.45, 7) is 3.53. The molecule has 0 aliphatic rings. The Morgan fingerprint density at radius 1 is 1.26 bits per heavy atom. The number of Topliss-reactive ketones (excluding diaryl/α,β-unsaturated/α-hetero) is 2. The van der Waals surface area contributed by atoms with E-state index in [1.165, 1.54) is 32.5 Å². The molecule has 0 aliphatic carbocycles. The summed E-state index contributed by atoms with van der Waals surface area (Å²) in [6, 6.07) is 1.75. The van der Waals surface area contributed by atoms with E-state index in [-0.39, 0.29) is 23.9 Å². The highest BCUT2D eigenvalue weighted by atomic mass is 32.1. The molecular weight excluding hydrogens is 316 g/mol. The summed E-state index contributed by atoms with van der Waals surface area (Å²) in [7, 11) is 3.03. The molecule has 0 unspecified atom stereocenters. The van der Waals surface area contributed by atoms with Gasteiger partial charge in [-0.15, -0.1) is 11.3 Å². The first-order valence-electron chi connectivity index (χ1n) is 7.43. The van der Waals surface area contributed by atoms with Crippen molar-refractivity contribution in [3.05, 3.63) is 11.1 Å². The molecule has 2 rings (SSSR count). The molecular formula is C16H20N2O4S. The number of carbonyl (C=O) groups excluding carboxylic acids is 2. The molecule has 1 atom stereocenters. The zero-order valence-electron chi connectivity index (χ0n) is 13.7. The van der Waals surface area contributed by atoms with E-state index in [1.807, 2.05) is 6.92 Å². The SMILES string of the molecule is CCC[C@H](CC(=O)c1nc2nc(OC)c(OC)cc2s1)C(C)=O. The zero-order chi connectivity index (χ0) is 17.0. The molecule has 2 heterocycles. The van der Waals surface area contributed by atoms with Crippen molar-refractivity contribution in [3.63, 3.8) is 0 Å². The van der Waals surface area contributed by atoms with Crippen LogP contribution in [0.1, 0.15) is 42.9 Å². The molecule has 0 radical (unpaired) electrons. The van der Waals surface area contributed by atoms with Crippen molar-refractivity contribution in [2.24, 2.45) is 5.92 Å².